The van der Waals surface area contributed by atoms with E-state index in [0.717, 1.165) is 53.8 Å². The molecule has 2 aromatic carbocycles. The van der Waals surface area contributed by atoms with Crippen LogP contribution < -0.4 is 4.74 Å². The van der Waals surface area contributed by atoms with Gasteiger partial charge in [-0.25, -0.2) is 9.59 Å². The van der Waals surface area contributed by atoms with Crippen molar-refractivity contribution in [3.63, 3.8) is 0 Å². The molecule has 0 amide bonds. The van der Waals surface area contributed by atoms with Gasteiger partial charge in [0.15, 0.2) is 0 Å². The molecule has 0 aliphatic carbocycles. The summed E-state index contributed by atoms with van der Waals surface area (Å²) in [6, 6.07) is 14.0. The summed E-state index contributed by atoms with van der Waals surface area (Å²) in [5.74, 6) is -0.760. The molecule has 31 heavy (non-hydrogen) atoms. The number of piperazine rings is 1. The van der Waals surface area contributed by atoms with Gasteiger partial charge in [-0.2, -0.15) is 0 Å². The molecule has 0 unspecified atom stereocenters. The number of nitrogens with zero attached hydrogens (tertiary/aromatic N) is 2. The zero-order valence-electron chi connectivity index (χ0n) is 17.0. The van der Waals surface area contributed by atoms with Crippen molar-refractivity contribution in [3.05, 3.63) is 70.8 Å². The van der Waals surface area contributed by atoms with Gasteiger partial charge in [0.1, 0.15) is 11.5 Å². The summed E-state index contributed by atoms with van der Waals surface area (Å²) in [6.07, 6.45) is 3.34. The first-order chi connectivity index (χ1) is 14.8. The quantitative estimate of drug-likeness (QED) is 0.696. The van der Waals surface area contributed by atoms with Crippen molar-refractivity contribution < 1.29 is 24.5 Å². The first-order valence-corrected chi connectivity index (χ1v) is 10.1. The van der Waals surface area contributed by atoms with E-state index in [0.29, 0.717) is 12.2 Å². The first kappa shape index (κ1) is 22.4. The number of fused-ring (bicyclic) bond motifs is 2. The van der Waals surface area contributed by atoms with E-state index in [2.05, 4.69) is 29.0 Å². The van der Waals surface area contributed by atoms with Crippen molar-refractivity contribution in [2.45, 2.75) is 0 Å². The van der Waals surface area contributed by atoms with Crippen LogP contribution in [0.25, 0.3) is 11.8 Å². The van der Waals surface area contributed by atoms with E-state index < -0.39 is 11.9 Å². The van der Waals surface area contributed by atoms with Gasteiger partial charge in [-0.3, -0.25) is 0 Å². The van der Waals surface area contributed by atoms with Crippen molar-refractivity contribution in [1.29, 1.82) is 0 Å². The average molecular weight is 443 g/mol. The van der Waals surface area contributed by atoms with E-state index in [1.54, 1.807) is 0 Å². The van der Waals surface area contributed by atoms with Crippen molar-refractivity contribution in [2.75, 3.05) is 33.2 Å². The summed E-state index contributed by atoms with van der Waals surface area (Å²) >= 11 is 6.26. The number of likely N-dealkylation sites (N-methyl/N-ethyl adjacent to an activating group) is 1. The van der Waals surface area contributed by atoms with Crippen LogP contribution in [0.2, 0.25) is 5.02 Å². The van der Waals surface area contributed by atoms with Crippen LogP contribution in [0, 0.1) is 0 Å². The van der Waals surface area contributed by atoms with Crippen LogP contribution in [-0.4, -0.2) is 65.2 Å². The van der Waals surface area contributed by atoms with Crippen LogP contribution in [0.4, 0.5) is 0 Å². The average Bonchev–Trinajstić information content (AvgIpc) is 2.90. The molecule has 7 nitrogen and oxygen atoms in total. The minimum atomic E-state index is -1.26. The Labute approximate surface area is 185 Å². The van der Waals surface area contributed by atoms with E-state index in [1.165, 1.54) is 5.70 Å². The van der Waals surface area contributed by atoms with Gasteiger partial charge in [0, 0.05) is 60.2 Å². The summed E-state index contributed by atoms with van der Waals surface area (Å²) in [5.41, 5.74) is 3.37. The minimum Gasteiger partial charge on any atom is -0.478 e. The molecule has 1 saturated heterocycles. The Bertz CT molecular complexity index is 1010. The monoisotopic (exact) mass is 442 g/mol. The molecule has 0 spiro atoms. The fourth-order valence-corrected chi connectivity index (χ4v) is 3.45. The van der Waals surface area contributed by atoms with Crippen LogP contribution in [-0.2, 0) is 9.59 Å². The molecule has 0 bridgehead atoms. The summed E-state index contributed by atoms with van der Waals surface area (Å²) in [5, 5.41) is 16.4. The molecule has 4 rings (SSSR count). The predicted octanol–water partition coefficient (Wildman–Crippen LogP) is 3.90. The zero-order chi connectivity index (χ0) is 22.4. The Morgan fingerprint density at radius 3 is 2.26 bits per heavy atom. The molecule has 2 aliphatic heterocycles. The van der Waals surface area contributed by atoms with E-state index in [-0.39, 0.29) is 0 Å². The molecule has 2 aromatic rings. The summed E-state index contributed by atoms with van der Waals surface area (Å²) in [4.78, 5) is 23.9. The maximum absolute atomic E-state index is 9.55. The molecule has 0 atom stereocenters. The number of ether oxygens (including phenoxy) is 1. The summed E-state index contributed by atoms with van der Waals surface area (Å²) in [6.45, 7) is 4.15. The van der Waals surface area contributed by atoms with Gasteiger partial charge in [-0.05, 0) is 37.4 Å². The number of carbonyl (C=O) groups is 2. The molecule has 2 aliphatic rings. The Morgan fingerprint density at radius 1 is 0.968 bits per heavy atom. The van der Waals surface area contributed by atoms with Gasteiger partial charge in [-0.1, -0.05) is 29.8 Å². The predicted molar refractivity (Wildman–Crippen MR) is 119 cm³/mol. The Kier molecular flexibility index (Phi) is 7.33. The number of carboxylic acid groups (broad SMARTS) is 2. The van der Waals surface area contributed by atoms with E-state index in [9.17, 15) is 9.59 Å². The number of hydrogen-bond acceptors (Lipinski definition) is 5. The van der Waals surface area contributed by atoms with Crippen LogP contribution in [0.3, 0.4) is 0 Å². The molecule has 2 heterocycles. The number of para-hydroxylation sites is 1. The maximum Gasteiger partial charge on any atom is 0.328 e. The van der Waals surface area contributed by atoms with Gasteiger partial charge in [0.05, 0.1) is 0 Å². The van der Waals surface area contributed by atoms with Crippen LogP contribution in [0.5, 0.6) is 11.5 Å². The lowest BCUT2D eigenvalue weighted by molar-refractivity contribution is -0.134. The van der Waals surface area contributed by atoms with E-state index in [1.807, 2.05) is 36.4 Å². The first-order valence-electron chi connectivity index (χ1n) is 9.69. The van der Waals surface area contributed by atoms with Crippen LogP contribution in [0.15, 0.2) is 54.6 Å². The van der Waals surface area contributed by atoms with Crippen molar-refractivity contribution in [1.82, 2.24) is 9.80 Å². The molecule has 0 aromatic heterocycles. The number of hydrogen-bond donors (Lipinski definition) is 2. The summed E-state index contributed by atoms with van der Waals surface area (Å²) < 4.78 is 6.15. The molecule has 1 fully saturated rings. The highest BCUT2D eigenvalue weighted by Crippen LogP contribution is 2.40. The fraction of sp³-hybridized carbons (Fsp3) is 0.217. The Balaban J connectivity index is 0.000000293. The van der Waals surface area contributed by atoms with Crippen molar-refractivity contribution in [2.24, 2.45) is 0 Å². The second-order valence-electron chi connectivity index (χ2n) is 7.11. The van der Waals surface area contributed by atoms with E-state index in [4.69, 9.17) is 26.6 Å². The van der Waals surface area contributed by atoms with Gasteiger partial charge in [0.2, 0.25) is 0 Å². The molecule has 8 heteroatoms. The lowest BCUT2D eigenvalue weighted by Gasteiger charge is -2.35. The van der Waals surface area contributed by atoms with Crippen molar-refractivity contribution in [3.8, 4) is 11.5 Å². The second-order valence-corrected chi connectivity index (χ2v) is 7.55. The Morgan fingerprint density at radius 2 is 1.61 bits per heavy atom. The topological polar surface area (TPSA) is 90.3 Å². The van der Waals surface area contributed by atoms with Gasteiger partial charge in [-0.15, -0.1) is 0 Å². The Hall–Kier alpha value is -3.29. The largest absolute Gasteiger partial charge is 0.478 e. The SMILES string of the molecule is CN1CCN(C2=Cc3ccccc3Oc3ccc(Cl)cc32)CC1.O=C(O)/C=C\C(=O)O. The normalized spacial score (nSPS) is 15.5. The highest BCUT2D eigenvalue weighted by molar-refractivity contribution is 6.30. The van der Waals surface area contributed by atoms with Crippen LogP contribution in [0.1, 0.15) is 11.1 Å². The third-order valence-corrected chi connectivity index (χ3v) is 5.10. The lowest BCUT2D eigenvalue weighted by atomic mass is 10.1. The van der Waals surface area contributed by atoms with Gasteiger partial charge < -0.3 is 24.7 Å². The maximum atomic E-state index is 9.55. The second kappa shape index (κ2) is 10.1. The molecular weight excluding hydrogens is 420 g/mol. The number of rotatable bonds is 3. The van der Waals surface area contributed by atoms with Crippen LogP contribution >= 0.6 is 11.6 Å². The molecule has 0 saturated carbocycles. The highest BCUT2D eigenvalue weighted by Gasteiger charge is 2.23. The molecular formula is C23H23ClN2O5. The van der Waals surface area contributed by atoms with Gasteiger partial charge >= 0.3 is 11.9 Å². The lowest BCUT2D eigenvalue weighted by Crippen LogP contribution is -2.43. The smallest absolute Gasteiger partial charge is 0.328 e. The number of carboxylic acids is 2. The summed E-state index contributed by atoms with van der Waals surface area (Å²) in [7, 11) is 2.17. The molecule has 2 N–H and O–H groups in total. The highest BCUT2D eigenvalue weighted by atomic mass is 35.5. The fourth-order valence-electron chi connectivity index (χ4n) is 3.28. The van der Waals surface area contributed by atoms with Crippen molar-refractivity contribution >= 4 is 35.3 Å². The van der Waals surface area contributed by atoms with E-state index >= 15 is 0 Å². The number of benzene rings is 2. The third kappa shape index (κ3) is 6.10. The van der Waals surface area contributed by atoms with Gasteiger partial charge in [0.25, 0.3) is 0 Å². The minimum absolute atomic E-state index is 0.558. The standard InChI is InChI=1S/C19H19ClN2O.C4H4O4/c1-21-8-10-22(11-9-21)17-12-14-4-2-3-5-18(14)23-19-7-6-15(20)13-16(17)19;5-3(6)1-2-4(7)8/h2-7,12-13H,8-11H2,1H3;1-2H,(H,5,6)(H,7,8)/b;2-1-. The molecule has 0 radical (unpaired) electrons. The zero-order valence-corrected chi connectivity index (χ0v) is 17.7. The third-order valence-electron chi connectivity index (χ3n) is 4.86. The number of aliphatic carboxylic acids is 2. The molecule has 162 valence electrons. The number of halogens is 1.